The van der Waals surface area contributed by atoms with E-state index in [1.54, 1.807) is 29.4 Å². The second kappa shape index (κ2) is 10.1. The van der Waals surface area contributed by atoms with Crippen LogP contribution in [0.1, 0.15) is 17.5 Å². The molecule has 3 aromatic rings. The third-order valence-electron chi connectivity index (χ3n) is 5.66. The van der Waals surface area contributed by atoms with E-state index in [9.17, 15) is 4.79 Å². The van der Waals surface area contributed by atoms with E-state index in [-0.39, 0.29) is 11.9 Å². The molecule has 1 N–H and O–H groups in total. The Morgan fingerprint density at radius 3 is 2.78 bits per heavy atom. The van der Waals surface area contributed by atoms with Crippen LogP contribution >= 0.6 is 11.6 Å². The van der Waals surface area contributed by atoms with Gasteiger partial charge in [0.2, 0.25) is 11.9 Å². The summed E-state index contributed by atoms with van der Waals surface area (Å²) in [7, 11) is 2.07. The molecule has 32 heavy (non-hydrogen) atoms. The largest absolute Gasteiger partial charge is 0.356 e. The quantitative estimate of drug-likeness (QED) is 0.554. The number of amides is 1. The first-order chi connectivity index (χ1) is 15.5. The molecule has 1 amide bonds. The normalized spacial score (nSPS) is 16.8. The fourth-order valence-corrected chi connectivity index (χ4v) is 4.08. The maximum absolute atomic E-state index is 12.7. The Hall–Kier alpha value is -2.97. The first kappa shape index (κ1) is 22.2. The van der Waals surface area contributed by atoms with Gasteiger partial charge < -0.3 is 15.1 Å². The summed E-state index contributed by atoms with van der Waals surface area (Å²) in [6.45, 7) is 5.10. The minimum absolute atomic E-state index is 0.00488. The van der Waals surface area contributed by atoms with Gasteiger partial charge in [-0.25, -0.2) is 9.97 Å². The van der Waals surface area contributed by atoms with Gasteiger partial charge in [0.25, 0.3) is 0 Å². The molecule has 1 aliphatic heterocycles. The molecular formula is C23H28ClN7O. The number of likely N-dealkylation sites (N-methyl/N-ethyl adjacent to an activating group) is 1. The molecule has 0 aliphatic carbocycles. The highest BCUT2D eigenvalue weighted by Crippen LogP contribution is 2.23. The maximum Gasteiger partial charge on any atom is 0.238 e. The van der Waals surface area contributed by atoms with E-state index >= 15 is 0 Å². The predicted octanol–water partition coefficient (Wildman–Crippen LogP) is 2.49. The van der Waals surface area contributed by atoms with E-state index in [0.717, 1.165) is 31.9 Å². The van der Waals surface area contributed by atoms with Crippen LogP contribution in [-0.2, 0) is 11.2 Å². The molecule has 1 atom stereocenters. The molecule has 1 aromatic carbocycles. The maximum atomic E-state index is 12.7. The van der Waals surface area contributed by atoms with E-state index in [0.29, 0.717) is 24.1 Å². The van der Waals surface area contributed by atoms with Gasteiger partial charge in [-0.15, -0.1) is 0 Å². The average Bonchev–Trinajstić information content (AvgIpc) is 3.30. The molecule has 1 unspecified atom stereocenters. The van der Waals surface area contributed by atoms with Crippen molar-refractivity contribution in [3.63, 3.8) is 0 Å². The van der Waals surface area contributed by atoms with Gasteiger partial charge in [0, 0.05) is 51.1 Å². The lowest BCUT2D eigenvalue weighted by molar-refractivity contribution is -0.121. The Bertz CT molecular complexity index is 1040. The monoisotopic (exact) mass is 453 g/mol. The van der Waals surface area contributed by atoms with Crippen molar-refractivity contribution in [1.82, 2.24) is 29.7 Å². The van der Waals surface area contributed by atoms with Gasteiger partial charge >= 0.3 is 0 Å². The molecule has 1 fully saturated rings. The van der Waals surface area contributed by atoms with Gasteiger partial charge in [0.15, 0.2) is 0 Å². The Kier molecular flexibility index (Phi) is 7.02. The smallest absolute Gasteiger partial charge is 0.238 e. The highest BCUT2D eigenvalue weighted by molar-refractivity contribution is 6.29. The number of aromatic nitrogens is 4. The molecule has 1 saturated heterocycles. The zero-order valence-electron chi connectivity index (χ0n) is 18.4. The Labute approximate surface area is 193 Å². The molecule has 0 spiro atoms. The van der Waals surface area contributed by atoms with Crippen molar-refractivity contribution in [2.45, 2.75) is 25.8 Å². The van der Waals surface area contributed by atoms with Gasteiger partial charge in [-0.3, -0.25) is 9.36 Å². The van der Waals surface area contributed by atoms with Crippen LogP contribution in [0.3, 0.4) is 0 Å². The number of carbonyl (C=O) groups excluding carboxylic acids is 1. The van der Waals surface area contributed by atoms with Crippen molar-refractivity contribution in [3.05, 3.63) is 65.3 Å². The summed E-state index contributed by atoms with van der Waals surface area (Å²) in [5.74, 6) is 1.22. The van der Waals surface area contributed by atoms with Crippen molar-refractivity contribution in [2.24, 2.45) is 0 Å². The lowest BCUT2D eigenvalue weighted by Gasteiger charge is -2.40. The number of aryl methyl sites for hydroxylation is 1. The molecular weight excluding hydrogens is 426 g/mol. The van der Waals surface area contributed by atoms with E-state index < -0.39 is 0 Å². The lowest BCUT2D eigenvalue weighted by atomic mass is 10.1. The summed E-state index contributed by atoms with van der Waals surface area (Å²) in [5, 5.41) is 3.43. The minimum atomic E-state index is -0.00488. The molecule has 4 rings (SSSR count). The Balaban J connectivity index is 1.42. The molecule has 168 valence electrons. The summed E-state index contributed by atoms with van der Waals surface area (Å²) in [5.41, 5.74) is 2.46. The van der Waals surface area contributed by atoms with Crippen molar-refractivity contribution >= 4 is 23.3 Å². The average molecular weight is 454 g/mol. The number of halogens is 1. The van der Waals surface area contributed by atoms with Crippen LogP contribution in [0.4, 0.5) is 5.82 Å². The number of piperazine rings is 1. The third kappa shape index (κ3) is 5.63. The Morgan fingerprint density at radius 2 is 2.03 bits per heavy atom. The van der Waals surface area contributed by atoms with Crippen molar-refractivity contribution in [1.29, 1.82) is 0 Å². The van der Waals surface area contributed by atoms with Crippen LogP contribution in [0.5, 0.6) is 0 Å². The molecule has 8 nitrogen and oxygen atoms in total. The fraction of sp³-hybridized carbons (Fsp3) is 0.391. The van der Waals surface area contributed by atoms with Gasteiger partial charge in [-0.05, 0) is 26.0 Å². The molecule has 0 bridgehead atoms. The summed E-state index contributed by atoms with van der Waals surface area (Å²) in [6.07, 6.45) is 6.29. The van der Waals surface area contributed by atoms with E-state index in [1.165, 1.54) is 11.1 Å². The van der Waals surface area contributed by atoms with Crippen molar-refractivity contribution in [2.75, 3.05) is 38.1 Å². The van der Waals surface area contributed by atoms with Gasteiger partial charge in [-0.1, -0.05) is 41.4 Å². The standard InChI is InChI=1S/C23H28ClN7O/c1-17-3-5-18(6-4-17)7-8-26-22(32)13-19-15-29(2)11-12-31(19)21-14-20(24)27-23(28-21)30-10-9-25-16-30/h3-6,9-10,14,16,19H,7-8,11-13,15H2,1-2H3,(H,26,32). The molecule has 9 heteroatoms. The van der Waals surface area contributed by atoms with E-state index in [1.807, 2.05) is 0 Å². The van der Waals surface area contributed by atoms with Gasteiger partial charge in [0.1, 0.15) is 17.3 Å². The van der Waals surface area contributed by atoms with Crippen LogP contribution < -0.4 is 10.2 Å². The number of hydrogen-bond acceptors (Lipinski definition) is 6. The van der Waals surface area contributed by atoms with E-state index in [2.05, 4.69) is 63.3 Å². The highest BCUT2D eigenvalue weighted by atomic mass is 35.5. The topological polar surface area (TPSA) is 79.2 Å². The lowest BCUT2D eigenvalue weighted by Crippen LogP contribution is -2.54. The summed E-state index contributed by atoms with van der Waals surface area (Å²) >= 11 is 6.30. The summed E-state index contributed by atoms with van der Waals surface area (Å²) in [4.78, 5) is 30.2. The number of carbonyl (C=O) groups is 1. The SMILES string of the molecule is Cc1ccc(CCNC(=O)CC2CN(C)CCN2c2cc(Cl)nc(-n3ccnc3)n2)cc1. The Morgan fingerprint density at radius 1 is 1.22 bits per heavy atom. The zero-order valence-corrected chi connectivity index (χ0v) is 19.2. The number of hydrogen-bond donors (Lipinski definition) is 1. The highest BCUT2D eigenvalue weighted by Gasteiger charge is 2.29. The number of anilines is 1. The van der Waals surface area contributed by atoms with Crippen LogP contribution in [0.15, 0.2) is 49.1 Å². The first-order valence-electron chi connectivity index (χ1n) is 10.8. The molecule has 0 saturated carbocycles. The molecule has 2 aromatic heterocycles. The molecule has 3 heterocycles. The van der Waals surface area contributed by atoms with Gasteiger partial charge in [0.05, 0.1) is 6.04 Å². The zero-order chi connectivity index (χ0) is 22.5. The number of nitrogens with zero attached hydrogens (tertiary/aromatic N) is 6. The predicted molar refractivity (Wildman–Crippen MR) is 125 cm³/mol. The second-order valence-corrected chi connectivity index (χ2v) is 8.61. The van der Waals surface area contributed by atoms with Crippen LogP contribution in [0.2, 0.25) is 5.15 Å². The fourth-order valence-electron chi connectivity index (χ4n) is 3.91. The summed E-state index contributed by atoms with van der Waals surface area (Å²) in [6, 6.07) is 10.2. The summed E-state index contributed by atoms with van der Waals surface area (Å²) < 4.78 is 1.72. The van der Waals surface area contributed by atoms with Crippen molar-refractivity contribution in [3.8, 4) is 5.95 Å². The molecule has 1 aliphatic rings. The van der Waals surface area contributed by atoms with Crippen LogP contribution in [0, 0.1) is 6.92 Å². The molecule has 0 radical (unpaired) electrons. The van der Waals surface area contributed by atoms with Crippen LogP contribution in [0.25, 0.3) is 5.95 Å². The van der Waals surface area contributed by atoms with Crippen molar-refractivity contribution < 1.29 is 4.79 Å². The minimum Gasteiger partial charge on any atom is -0.356 e. The second-order valence-electron chi connectivity index (χ2n) is 8.22. The number of imidazole rings is 1. The number of benzene rings is 1. The number of nitrogens with one attached hydrogen (secondary N) is 1. The van der Waals surface area contributed by atoms with Gasteiger partial charge in [-0.2, -0.15) is 4.98 Å². The van der Waals surface area contributed by atoms with E-state index in [4.69, 9.17) is 16.6 Å². The van der Waals surface area contributed by atoms with Crippen LogP contribution in [-0.4, -0.2) is 69.6 Å². The third-order valence-corrected chi connectivity index (χ3v) is 5.86. The first-order valence-corrected chi connectivity index (χ1v) is 11.2. The number of rotatable bonds is 7.